The topological polar surface area (TPSA) is 46.5 Å². The molecule has 1 N–H and O–H groups in total. The van der Waals surface area contributed by atoms with Crippen molar-refractivity contribution in [2.24, 2.45) is 0 Å². The predicted molar refractivity (Wildman–Crippen MR) is 74.5 cm³/mol. The number of carboxylic acid groups (broad SMARTS) is 1. The molecule has 0 radical (unpaired) electrons. The Kier molecular flexibility index (Phi) is 4.04. The maximum absolute atomic E-state index is 10.7. The second-order valence-corrected chi connectivity index (χ2v) is 5.85. The zero-order chi connectivity index (χ0) is 13.1. The smallest absolute Gasteiger partial charge is 0.345 e. The first-order valence-corrected chi connectivity index (χ1v) is 6.88. The molecule has 94 valence electrons. The minimum Gasteiger partial charge on any atom is -0.488 e. The summed E-state index contributed by atoms with van der Waals surface area (Å²) in [6.45, 7) is 2.36. The first-order chi connectivity index (χ1) is 8.56. The Bertz CT molecular complexity index is 577. The molecule has 0 bridgehead atoms. The Morgan fingerprint density at radius 2 is 2.17 bits per heavy atom. The Morgan fingerprint density at radius 3 is 2.78 bits per heavy atom. The van der Waals surface area contributed by atoms with E-state index >= 15 is 0 Å². The molecule has 1 aromatic heterocycles. The lowest BCUT2D eigenvalue weighted by Gasteiger charge is -2.08. The Balaban J connectivity index is 2.04. The molecule has 2 aromatic rings. The van der Waals surface area contributed by atoms with Crippen molar-refractivity contribution >= 4 is 33.2 Å². The molecule has 5 heteroatoms. The van der Waals surface area contributed by atoms with E-state index in [-0.39, 0.29) is 0 Å². The maximum atomic E-state index is 10.7. The monoisotopic (exact) mass is 326 g/mol. The molecule has 0 spiro atoms. The number of carboxylic acids is 1. The average Bonchev–Trinajstić information content (AvgIpc) is 2.76. The lowest BCUT2D eigenvalue weighted by atomic mass is 10.2. The summed E-state index contributed by atoms with van der Waals surface area (Å²) in [5.41, 5.74) is 1.04. The molecule has 0 atom stereocenters. The van der Waals surface area contributed by atoms with Crippen molar-refractivity contribution in [1.29, 1.82) is 0 Å². The Labute approximate surface area is 117 Å². The van der Waals surface area contributed by atoms with Crippen LogP contribution in [0, 0.1) is 6.92 Å². The molecule has 0 saturated heterocycles. The molecule has 1 heterocycles. The summed E-state index contributed by atoms with van der Waals surface area (Å²) < 4.78 is 6.68. The van der Waals surface area contributed by atoms with Crippen LogP contribution in [-0.4, -0.2) is 11.1 Å². The van der Waals surface area contributed by atoms with Gasteiger partial charge in [0.25, 0.3) is 0 Å². The quantitative estimate of drug-likeness (QED) is 0.920. The second-order valence-electron chi connectivity index (χ2n) is 3.77. The van der Waals surface area contributed by atoms with Crippen LogP contribution in [0.4, 0.5) is 0 Å². The van der Waals surface area contributed by atoms with Gasteiger partial charge in [0, 0.05) is 9.35 Å². The number of aryl methyl sites for hydroxylation is 1. The third-order valence-electron chi connectivity index (χ3n) is 2.38. The highest BCUT2D eigenvalue weighted by atomic mass is 79.9. The van der Waals surface area contributed by atoms with Crippen molar-refractivity contribution in [3.63, 3.8) is 0 Å². The van der Waals surface area contributed by atoms with Crippen molar-refractivity contribution in [3.05, 3.63) is 50.1 Å². The van der Waals surface area contributed by atoms with E-state index in [1.165, 1.54) is 11.3 Å². The van der Waals surface area contributed by atoms with E-state index in [4.69, 9.17) is 9.84 Å². The van der Waals surface area contributed by atoms with Crippen molar-refractivity contribution in [2.75, 3.05) is 0 Å². The van der Waals surface area contributed by atoms with Crippen molar-refractivity contribution in [3.8, 4) is 5.75 Å². The predicted octanol–water partition coefficient (Wildman–Crippen LogP) is 4.10. The number of aromatic carboxylic acids is 1. The zero-order valence-corrected chi connectivity index (χ0v) is 12.0. The number of hydrogen-bond acceptors (Lipinski definition) is 3. The van der Waals surface area contributed by atoms with Gasteiger partial charge in [0.2, 0.25) is 0 Å². The summed E-state index contributed by atoms with van der Waals surface area (Å²) in [7, 11) is 0. The van der Waals surface area contributed by atoms with Gasteiger partial charge in [0.15, 0.2) is 0 Å². The molecule has 3 nitrogen and oxygen atoms in total. The fourth-order valence-corrected chi connectivity index (χ4v) is 2.73. The minimum absolute atomic E-state index is 0.334. The van der Waals surface area contributed by atoms with Crippen LogP contribution in [0.3, 0.4) is 0 Å². The first-order valence-electron chi connectivity index (χ1n) is 5.27. The molecule has 0 aliphatic heterocycles. The van der Waals surface area contributed by atoms with Gasteiger partial charge in [-0.3, -0.25) is 0 Å². The fraction of sp³-hybridized carbons (Fsp3) is 0.154. The number of benzene rings is 1. The molecule has 0 aliphatic carbocycles. The normalized spacial score (nSPS) is 10.3. The minimum atomic E-state index is -0.897. The van der Waals surface area contributed by atoms with Crippen LogP contribution in [-0.2, 0) is 6.61 Å². The molecule has 1 aromatic carbocycles. The number of ether oxygens (including phenoxy) is 1. The van der Waals surface area contributed by atoms with Crippen LogP contribution in [0.25, 0.3) is 0 Å². The number of hydrogen-bond donors (Lipinski definition) is 1. The summed E-state index contributed by atoms with van der Waals surface area (Å²) in [6.07, 6.45) is 0. The average molecular weight is 327 g/mol. The second kappa shape index (κ2) is 5.54. The van der Waals surface area contributed by atoms with Crippen LogP contribution in [0.2, 0.25) is 0 Å². The molecular formula is C13H11BrO3S. The fourth-order valence-electron chi connectivity index (χ4n) is 1.49. The Morgan fingerprint density at radius 1 is 1.39 bits per heavy atom. The van der Waals surface area contributed by atoms with Crippen molar-refractivity contribution in [1.82, 2.24) is 0 Å². The summed E-state index contributed by atoms with van der Waals surface area (Å²) >= 11 is 4.63. The third-order valence-corrected chi connectivity index (χ3v) is 3.92. The van der Waals surface area contributed by atoms with Crippen molar-refractivity contribution in [2.45, 2.75) is 13.5 Å². The van der Waals surface area contributed by atoms with Gasteiger partial charge in [-0.2, -0.15) is 0 Å². The number of carbonyl (C=O) groups is 1. The van der Waals surface area contributed by atoms with E-state index in [0.29, 0.717) is 11.5 Å². The van der Waals surface area contributed by atoms with E-state index < -0.39 is 5.97 Å². The third kappa shape index (κ3) is 3.11. The maximum Gasteiger partial charge on any atom is 0.345 e. The van der Waals surface area contributed by atoms with Gasteiger partial charge in [-0.05, 0) is 42.8 Å². The van der Waals surface area contributed by atoms with Gasteiger partial charge in [0.1, 0.15) is 17.2 Å². The summed E-state index contributed by atoms with van der Waals surface area (Å²) in [4.78, 5) is 12.0. The summed E-state index contributed by atoms with van der Waals surface area (Å²) in [6, 6.07) is 9.17. The van der Waals surface area contributed by atoms with Crippen LogP contribution < -0.4 is 4.74 Å². The highest BCUT2D eigenvalue weighted by Crippen LogP contribution is 2.24. The molecule has 0 saturated carbocycles. The van der Waals surface area contributed by atoms with E-state index in [2.05, 4.69) is 15.9 Å². The highest BCUT2D eigenvalue weighted by Gasteiger charge is 2.07. The molecule has 0 aliphatic rings. The van der Waals surface area contributed by atoms with Gasteiger partial charge >= 0.3 is 5.97 Å². The van der Waals surface area contributed by atoms with E-state index in [1.54, 1.807) is 12.1 Å². The van der Waals surface area contributed by atoms with Gasteiger partial charge in [0.05, 0.1) is 0 Å². The SMILES string of the molecule is Cc1cc(Br)ccc1OCc1ccc(C(=O)O)s1. The molecule has 0 fully saturated rings. The first kappa shape index (κ1) is 13.1. The lowest BCUT2D eigenvalue weighted by molar-refractivity contribution is 0.0702. The molecular weight excluding hydrogens is 316 g/mol. The number of thiophene rings is 1. The van der Waals surface area contributed by atoms with Gasteiger partial charge < -0.3 is 9.84 Å². The van der Waals surface area contributed by atoms with Gasteiger partial charge in [-0.25, -0.2) is 4.79 Å². The van der Waals surface area contributed by atoms with E-state index in [0.717, 1.165) is 20.7 Å². The van der Waals surface area contributed by atoms with E-state index in [1.807, 2.05) is 25.1 Å². The van der Waals surface area contributed by atoms with Gasteiger partial charge in [-0.15, -0.1) is 11.3 Å². The van der Waals surface area contributed by atoms with E-state index in [9.17, 15) is 4.79 Å². The number of rotatable bonds is 4. The molecule has 2 rings (SSSR count). The van der Waals surface area contributed by atoms with Crippen LogP contribution >= 0.6 is 27.3 Å². The highest BCUT2D eigenvalue weighted by molar-refractivity contribution is 9.10. The lowest BCUT2D eigenvalue weighted by Crippen LogP contribution is -1.95. The summed E-state index contributed by atoms with van der Waals surface area (Å²) in [5, 5.41) is 8.82. The molecule has 0 unspecified atom stereocenters. The molecule has 0 amide bonds. The van der Waals surface area contributed by atoms with Crippen LogP contribution in [0.5, 0.6) is 5.75 Å². The Hall–Kier alpha value is -1.33. The van der Waals surface area contributed by atoms with Crippen LogP contribution in [0.1, 0.15) is 20.1 Å². The van der Waals surface area contributed by atoms with Gasteiger partial charge in [-0.1, -0.05) is 15.9 Å². The largest absolute Gasteiger partial charge is 0.488 e. The van der Waals surface area contributed by atoms with Crippen molar-refractivity contribution < 1.29 is 14.6 Å². The van der Waals surface area contributed by atoms with Crippen LogP contribution in [0.15, 0.2) is 34.8 Å². The standard InChI is InChI=1S/C13H11BrO3S/c1-8-6-9(14)2-4-11(8)17-7-10-3-5-12(18-10)13(15)16/h2-6H,7H2,1H3,(H,15,16). The number of halogens is 1. The molecule has 18 heavy (non-hydrogen) atoms. The summed E-state index contributed by atoms with van der Waals surface area (Å²) in [5.74, 6) is -0.0884. The zero-order valence-electron chi connectivity index (χ0n) is 9.64.